The predicted octanol–water partition coefficient (Wildman–Crippen LogP) is 1.07. The Labute approximate surface area is 58.1 Å². The van der Waals surface area contributed by atoms with E-state index >= 15 is 0 Å². The molecule has 0 aromatic carbocycles. The summed E-state index contributed by atoms with van der Waals surface area (Å²) in [5.41, 5.74) is 0. The number of cyclic esters (lactones) is 1. The third-order valence-electron chi connectivity index (χ3n) is 1.29. The minimum absolute atomic E-state index is 0.0787. The van der Waals surface area contributed by atoms with Gasteiger partial charge in [0.05, 0.1) is 18.3 Å². The molecule has 0 aliphatic carbocycles. The van der Waals surface area contributed by atoms with Crippen molar-refractivity contribution >= 4 is 17.8 Å². The van der Waals surface area contributed by atoms with Crippen LogP contribution in [0.4, 0.5) is 0 Å². The summed E-state index contributed by atoms with van der Waals surface area (Å²) in [4.78, 5) is 10.5. The molecular weight excluding hydrogens is 144 g/mol. The van der Waals surface area contributed by atoms with Crippen LogP contribution >= 0.6 is 11.9 Å². The Morgan fingerprint density at radius 2 is 2.56 bits per heavy atom. The normalized spacial score (nSPS) is 34.7. The molecule has 1 heterocycles. The van der Waals surface area contributed by atoms with Gasteiger partial charge in [0.1, 0.15) is 0 Å². The van der Waals surface area contributed by atoms with Crippen molar-refractivity contribution in [2.45, 2.75) is 19.6 Å². The van der Waals surface area contributed by atoms with Crippen LogP contribution in [0.2, 0.25) is 0 Å². The third-order valence-corrected chi connectivity index (χ3v) is 1.46. The van der Waals surface area contributed by atoms with Crippen LogP contribution in [0.1, 0.15) is 13.3 Å². The monoisotopic (exact) mass is 150 g/mol. The van der Waals surface area contributed by atoms with E-state index in [4.69, 9.17) is 11.9 Å². The third kappa shape index (κ3) is 1.34. The maximum Gasteiger partial charge on any atom is 0.308 e. The molecule has 0 N–H and O–H groups in total. The van der Waals surface area contributed by atoms with E-state index in [0.717, 1.165) is 0 Å². The summed E-state index contributed by atoms with van der Waals surface area (Å²) in [6.07, 6.45) is -0.142. The van der Waals surface area contributed by atoms with Crippen molar-refractivity contribution in [1.82, 2.24) is 0 Å². The molecule has 0 saturated carbocycles. The van der Waals surface area contributed by atoms with Crippen molar-refractivity contribution in [3.05, 3.63) is 0 Å². The maximum absolute atomic E-state index is 10.5. The molecule has 0 spiro atoms. The Bertz CT molecular complexity index is 125. The topological polar surface area (TPSA) is 35.5 Å². The molecule has 0 aromatic heterocycles. The van der Waals surface area contributed by atoms with Gasteiger partial charge in [0.15, 0.2) is 0 Å². The molecule has 1 aliphatic rings. The summed E-state index contributed by atoms with van der Waals surface area (Å²) < 4.78 is 8.95. The van der Waals surface area contributed by atoms with Crippen LogP contribution in [0.25, 0.3) is 0 Å². The highest BCUT2D eigenvalue weighted by Crippen LogP contribution is 2.22. The molecule has 0 aromatic rings. The van der Waals surface area contributed by atoms with E-state index in [2.05, 4.69) is 9.03 Å². The summed E-state index contributed by atoms with van der Waals surface area (Å²) in [6, 6.07) is 0. The molecule has 1 saturated heterocycles. The van der Waals surface area contributed by atoms with Gasteiger partial charge in [-0.15, -0.1) is 0 Å². The molecule has 3 nitrogen and oxygen atoms in total. The van der Waals surface area contributed by atoms with Crippen molar-refractivity contribution in [1.29, 1.82) is 0 Å². The summed E-state index contributed by atoms with van der Waals surface area (Å²) in [6.45, 7) is 1.85. The highest BCUT2D eigenvalue weighted by Gasteiger charge is 2.31. The quantitative estimate of drug-likeness (QED) is 0.525. The van der Waals surface area contributed by atoms with Crippen LogP contribution in [-0.4, -0.2) is 12.3 Å². The highest BCUT2D eigenvalue weighted by atomic mass is 35.5. The van der Waals surface area contributed by atoms with Gasteiger partial charge in [-0.1, -0.05) is 6.92 Å². The van der Waals surface area contributed by atoms with Gasteiger partial charge in [0.25, 0.3) is 0 Å². The molecule has 1 aliphatic heterocycles. The van der Waals surface area contributed by atoms with E-state index in [-0.39, 0.29) is 11.9 Å². The fourth-order valence-corrected chi connectivity index (χ4v) is 0.971. The van der Waals surface area contributed by atoms with E-state index in [0.29, 0.717) is 6.42 Å². The molecule has 4 heteroatoms. The van der Waals surface area contributed by atoms with Gasteiger partial charge in [0.2, 0.25) is 6.29 Å². The van der Waals surface area contributed by atoms with E-state index in [9.17, 15) is 4.79 Å². The predicted molar refractivity (Wildman–Crippen MR) is 30.6 cm³/mol. The van der Waals surface area contributed by atoms with Crippen LogP contribution in [0.5, 0.6) is 0 Å². The Kier molecular flexibility index (Phi) is 1.93. The van der Waals surface area contributed by atoms with Crippen molar-refractivity contribution in [3.8, 4) is 0 Å². The molecule has 52 valence electrons. The first kappa shape index (κ1) is 6.83. The second-order valence-corrected chi connectivity index (χ2v) is 2.31. The molecule has 9 heavy (non-hydrogen) atoms. The fraction of sp³-hybridized carbons (Fsp3) is 0.800. The van der Waals surface area contributed by atoms with Crippen LogP contribution in [-0.2, 0) is 13.8 Å². The number of esters is 1. The fourth-order valence-electron chi connectivity index (χ4n) is 0.759. The van der Waals surface area contributed by atoms with Gasteiger partial charge < -0.3 is 4.74 Å². The number of carbonyl (C=O) groups is 1. The Morgan fingerprint density at radius 1 is 1.89 bits per heavy atom. The minimum Gasteiger partial charge on any atom is -0.434 e. The van der Waals surface area contributed by atoms with Gasteiger partial charge in [-0.3, -0.25) is 4.79 Å². The van der Waals surface area contributed by atoms with Crippen LogP contribution in [0.3, 0.4) is 0 Å². The molecule has 0 amide bonds. The zero-order valence-corrected chi connectivity index (χ0v) is 5.72. The molecule has 1 rings (SSSR count). The van der Waals surface area contributed by atoms with Crippen molar-refractivity contribution in [3.63, 3.8) is 0 Å². The van der Waals surface area contributed by atoms with E-state index < -0.39 is 6.29 Å². The molecular formula is C5H7ClO3. The van der Waals surface area contributed by atoms with Gasteiger partial charge in [-0.25, -0.2) is 4.29 Å². The summed E-state index contributed by atoms with van der Waals surface area (Å²) in [5.74, 6) is -0.164. The average Bonchev–Trinajstić information content (AvgIpc) is 2.10. The number of hydrogen-bond donors (Lipinski definition) is 0. The molecule has 2 atom stereocenters. The second-order valence-electron chi connectivity index (χ2n) is 2.13. The zero-order chi connectivity index (χ0) is 6.85. The number of hydrogen-bond acceptors (Lipinski definition) is 3. The first-order chi connectivity index (χ1) is 4.24. The first-order valence-corrected chi connectivity index (χ1v) is 3.02. The Balaban J connectivity index is 2.47. The van der Waals surface area contributed by atoms with Crippen molar-refractivity contribution in [2.24, 2.45) is 5.92 Å². The molecule has 0 bridgehead atoms. The zero-order valence-electron chi connectivity index (χ0n) is 4.96. The van der Waals surface area contributed by atoms with Gasteiger partial charge in [-0.05, 0) is 0 Å². The lowest BCUT2D eigenvalue weighted by Crippen LogP contribution is -2.12. The average molecular weight is 151 g/mol. The van der Waals surface area contributed by atoms with Gasteiger partial charge in [0, 0.05) is 5.92 Å². The lowest BCUT2D eigenvalue weighted by Gasteiger charge is -2.06. The number of halogens is 1. The second kappa shape index (κ2) is 2.54. The van der Waals surface area contributed by atoms with Crippen molar-refractivity contribution in [2.75, 3.05) is 0 Å². The maximum atomic E-state index is 10.5. The number of ether oxygens (including phenoxy) is 1. The summed E-state index contributed by atoms with van der Waals surface area (Å²) in [5, 5.41) is 0. The number of rotatable bonds is 1. The molecule has 0 radical (unpaired) electrons. The highest BCUT2D eigenvalue weighted by molar-refractivity contribution is 6.07. The molecule has 1 fully saturated rings. The smallest absolute Gasteiger partial charge is 0.308 e. The minimum atomic E-state index is -0.542. The van der Waals surface area contributed by atoms with E-state index in [1.165, 1.54) is 0 Å². The van der Waals surface area contributed by atoms with Crippen LogP contribution in [0, 0.1) is 5.92 Å². The van der Waals surface area contributed by atoms with Crippen molar-refractivity contribution < 1.29 is 13.8 Å². The molecule has 2 unspecified atom stereocenters. The lowest BCUT2D eigenvalue weighted by atomic mass is 10.1. The van der Waals surface area contributed by atoms with E-state index in [1.54, 1.807) is 0 Å². The Hall–Kier alpha value is -0.280. The van der Waals surface area contributed by atoms with Crippen LogP contribution < -0.4 is 0 Å². The van der Waals surface area contributed by atoms with Gasteiger partial charge in [-0.2, -0.15) is 0 Å². The number of carbonyl (C=O) groups excluding carboxylic acids is 1. The SMILES string of the molecule is CC1CC(=O)OC1OCl. The summed E-state index contributed by atoms with van der Waals surface area (Å²) in [7, 11) is 0. The lowest BCUT2D eigenvalue weighted by molar-refractivity contribution is -0.151. The first-order valence-electron chi connectivity index (χ1n) is 2.71. The van der Waals surface area contributed by atoms with Crippen LogP contribution in [0.15, 0.2) is 0 Å². The standard InChI is InChI=1S/C5H7ClO3/c1-3-2-4(7)8-5(3)9-6/h3,5H,2H2,1H3. The van der Waals surface area contributed by atoms with Gasteiger partial charge >= 0.3 is 5.97 Å². The summed E-state index contributed by atoms with van der Waals surface area (Å²) >= 11 is 4.99. The largest absolute Gasteiger partial charge is 0.434 e. The van der Waals surface area contributed by atoms with E-state index in [1.807, 2.05) is 6.92 Å². The Morgan fingerprint density at radius 3 is 2.78 bits per heavy atom.